The molecule has 0 aliphatic carbocycles. The monoisotopic (exact) mass is 207 g/mol. The van der Waals surface area contributed by atoms with E-state index in [9.17, 15) is 4.39 Å². The highest BCUT2D eigenvalue weighted by atomic mass is 19.1. The Hall–Kier alpha value is -1.38. The molecule has 2 rings (SSSR count). The molecule has 0 N–H and O–H groups in total. The van der Waals surface area contributed by atoms with E-state index in [0.29, 0.717) is 18.4 Å². The maximum Gasteiger partial charge on any atom is 0.216 e. The average Bonchev–Trinajstić information content (AvgIpc) is 2.66. The van der Waals surface area contributed by atoms with E-state index in [0.717, 1.165) is 5.56 Å². The summed E-state index contributed by atoms with van der Waals surface area (Å²) in [4.78, 5) is 4.43. The molecule has 0 bridgehead atoms. The highest BCUT2D eigenvalue weighted by molar-refractivity contribution is 5.95. The molecule has 0 aromatic heterocycles. The fourth-order valence-corrected chi connectivity index (χ4v) is 1.51. The number of hydrogen-bond donors (Lipinski definition) is 0. The van der Waals surface area contributed by atoms with Gasteiger partial charge in [-0.25, -0.2) is 9.38 Å². The van der Waals surface area contributed by atoms with Gasteiger partial charge in [-0.2, -0.15) is 0 Å². The van der Waals surface area contributed by atoms with Gasteiger partial charge in [-0.1, -0.05) is 19.9 Å². The summed E-state index contributed by atoms with van der Waals surface area (Å²) in [6, 6.07) is 6.54. The molecule has 1 atom stereocenters. The zero-order valence-corrected chi connectivity index (χ0v) is 8.90. The topological polar surface area (TPSA) is 21.6 Å². The van der Waals surface area contributed by atoms with Crippen molar-refractivity contribution in [1.82, 2.24) is 0 Å². The predicted molar refractivity (Wildman–Crippen MR) is 57.5 cm³/mol. The van der Waals surface area contributed by atoms with E-state index in [1.807, 2.05) is 6.07 Å². The van der Waals surface area contributed by atoms with Crippen molar-refractivity contribution in [3.8, 4) is 0 Å². The predicted octanol–water partition coefficient (Wildman–Crippen LogP) is 2.63. The van der Waals surface area contributed by atoms with E-state index < -0.39 is 0 Å². The summed E-state index contributed by atoms with van der Waals surface area (Å²) in [6.07, 6.45) is 0. The Morgan fingerprint density at radius 2 is 2.27 bits per heavy atom. The van der Waals surface area contributed by atoms with Crippen molar-refractivity contribution in [3.05, 3.63) is 35.6 Å². The van der Waals surface area contributed by atoms with Crippen molar-refractivity contribution in [2.75, 3.05) is 6.61 Å². The van der Waals surface area contributed by atoms with Crippen LogP contribution in [-0.2, 0) is 4.74 Å². The maximum absolute atomic E-state index is 13.0. The van der Waals surface area contributed by atoms with Gasteiger partial charge in [0.2, 0.25) is 5.90 Å². The molecule has 1 heterocycles. The highest BCUT2D eigenvalue weighted by Gasteiger charge is 2.22. The lowest BCUT2D eigenvalue weighted by Gasteiger charge is -2.06. The average molecular weight is 207 g/mol. The Kier molecular flexibility index (Phi) is 2.71. The summed E-state index contributed by atoms with van der Waals surface area (Å²) >= 11 is 0. The van der Waals surface area contributed by atoms with Crippen LogP contribution in [0.5, 0.6) is 0 Å². The minimum absolute atomic E-state index is 0.197. The summed E-state index contributed by atoms with van der Waals surface area (Å²) < 4.78 is 18.4. The van der Waals surface area contributed by atoms with Gasteiger partial charge < -0.3 is 4.74 Å². The zero-order chi connectivity index (χ0) is 10.8. The molecule has 0 fully saturated rings. The molecule has 80 valence electrons. The SMILES string of the molecule is CC(C)C1COC(c2cccc(F)c2)=N1. The second-order valence-corrected chi connectivity index (χ2v) is 4.07. The van der Waals surface area contributed by atoms with Gasteiger partial charge in [0.05, 0.1) is 6.04 Å². The number of rotatable bonds is 2. The van der Waals surface area contributed by atoms with Crippen molar-refractivity contribution in [2.24, 2.45) is 10.9 Å². The van der Waals surface area contributed by atoms with Gasteiger partial charge in [0, 0.05) is 5.56 Å². The van der Waals surface area contributed by atoms with Gasteiger partial charge in [-0.15, -0.1) is 0 Å². The maximum atomic E-state index is 13.0. The summed E-state index contributed by atoms with van der Waals surface area (Å²) in [5.74, 6) is 0.760. The number of ether oxygens (including phenoxy) is 1. The van der Waals surface area contributed by atoms with E-state index in [-0.39, 0.29) is 11.9 Å². The van der Waals surface area contributed by atoms with Crippen LogP contribution >= 0.6 is 0 Å². The molecule has 1 aliphatic rings. The lowest BCUT2D eigenvalue weighted by atomic mass is 10.1. The molecule has 0 amide bonds. The number of halogens is 1. The second-order valence-electron chi connectivity index (χ2n) is 4.07. The van der Waals surface area contributed by atoms with Crippen molar-refractivity contribution < 1.29 is 9.13 Å². The van der Waals surface area contributed by atoms with Crippen molar-refractivity contribution in [1.29, 1.82) is 0 Å². The van der Waals surface area contributed by atoms with Crippen LogP contribution in [0.15, 0.2) is 29.3 Å². The van der Waals surface area contributed by atoms with Gasteiger partial charge in [0.1, 0.15) is 12.4 Å². The summed E-state index contributed by atoms with van der Waals surface area (Å²) in [5.41, 5.74) is 0.721. The second kappa shape index (κ2) is 4.01. The van der Waals surface area contributed by atoms with Crippen LogP contribution in [0.4, 0.5) is 4.39 Å². The van der Waals surface area contributed by atoms with Crippen LogP contribution < -0.4 is 0 Å². The normalized spacial score (nSPS) is 20.3. The van der Waals surface area contributed by atoms with Crippen LogP contribution in [0.25, 0.3) is 0 Å². The smallest absolute Gasteiger partial charge is 0.216 e. The van der Waals surface area contributed by atoms with Gasteiger partial charge in [0.15, 0.2) is 0 Å². The molecular formula is C12H14FNO. The third-order valence-corrected chi connectivity index (χ3v) is 2.52. The minimum Gasteiger partial charge on any atom is -0.475 e. The Labute approximate surface area is 88.8 Å². The van der Waals surface area contributed by atoms with E-state index in [1.54, 1.807) is 6.07 Å². The Morgan fingerprint density at radius 3 is 2.87 bits per heavy atom. The first-order valence-electron chi connectivity index (χ1n) is 5.13. The lowest BCUT2D eigenvalue weighted by molar-refractivity contribution is 0.292. The number of nitrogens with zero attached hydrogens (tertiary/aromatic N) is 1. The third-order valence-electron chi connectivity index (χ3n) is 2.52. The molecule has 0 spiro atoms. The molecule has 2 nitrogen and oxygen atoms in total. The summed E-state index contributed by atoms with van der Waals surface area (Å²) in [7, 11) is 0. The molecule has 0 radical (unpaired) electrons. The number of aliphatic imine (C=N–C) groups is 1. The molecule has 1 aromatic carbocycles. The molecule has 1 unspecified atom stereocenters. The van der Waals surface area contributed by atoms with Crippen LogP contribution in [0, 0.1) is 11.7 Å². The first-order valence-corrected chi connectivity index (χ1v) is 5.13. The van der Waals surface area contributed by atoms with E-state index in [4.69, 9.17) is 4.74 Å². The van der Waals surface area contributed by atoms with Crippen molar-refractivity contribution in [3.63, 3.8) is 0 Å². The van der Waals surface area contributed by atoms with Crippen molar-refractivity contribution >= 4 is 5.90 Å². The quantitative estimate of drug-likeness (QED) is 0.730. The van der Waals surface area contributed by atoms with Crippen LogP contribution in [0.1, 0.15) is 19.4 Å². The molecule has 1 aromatic rings. The lowest BCUT2D eigenvalue weighted by Crippen LogP contribution is -2.13. The molecule has 15 heavy (non-hydrogen) atoms. The summed E-state index contributed by atoms with van der Waals surface area (Å²) in [5, 5.41) is 0. The van der Waals surface area contributed by atoms with Crippen LogP contribution in [0.2, 0.25) is 0 Å². The zero-order valence-electron chi connectivity index (χ0n) is 8.90. The number of hydrogen-bond acceptors (Lipinski definition) is 2. The fourth-order valence-electron chi connectivity index (χ4n) is 1.51. The minimum atomic E-state index is -0.258. The molecule has 3 heteroatoms. The first-order chi connectivity index (χ1) is 7.16. The third kappa shape index (κ3) is 2.17. The summed E-state index contributed by atoms with van der Waals surface area (Å²) in [6.45, 7) is 4.81. The number of benzene rings is 1. The van der Waals surface area contributed by atoms with E-state index in [2.05, 4.69) is 18.8 Å². The Balaban J connectivity index is 2.22. The van der Waals surface area contributed by atoms with Crippen molar-refractivity contribution in [2.45, 2.75) is 19.9 Å². The van der Waals surface area contributed by atoms with Crippen LogP contribution in [0.3, 0.4) is 0 Å². The largest absolute Gasteiger partial charge is 0.475 e. The standard InChI is InChI=1S/C12H14FNO/c1-8(2)11-7-15-12(14-11)9-4-3-5-10(13)6-9/h3-6,8,11H,7H2,1-2H3. The van der Waals surface area contributed by atoms with Gasteiger partial charge in [0.25, 0.3) is 0 Å². The molecule has 0 saturated carbocycles. The Morgan fingerprint density at radius 1 is 1.47 bits per heavy atom. The molecule has 1 aliphatic heterocycles. The first kappa shape index (κ1) is 10.1. The van der Waals surface area contributed by atoms with Gasteiger partial charge in [-0.05, 0) is 24.1 Å². The van der Waals surface area contributed by atoms with Gasteiger partial charge in [-0.3, -0.25) is 0 Å². The van der Waals surface area contributed by atoms with E-state index >= 15 is 0 Å². The van der Waals surface area contributed by atoms with Crippen LogP contribution in [-0.4, -0.2) is 18.5 Å². The molecular weight excluding hydrogens is 193 g/mol. The van der Waals surface area contributed by atoms with Gasteiger partial charge >= 0.3 is 0 Å². The molecule has 0 saturated heterocycles. The Bertz CT molecular complexity index is 387. The van der Waals surface area contributed by atoms with E-state index in [1.165, 1.54) is 12.1 Å². The highest BCUT2D eigenvalue weighted by Crippen LogP contribution is 2.17. The fraction of sp³-hybridized carbons (Fsp3) is 0.417.